The molecule has 84 valence electrons. The van der Waals surface area contributed by atoms with Crippen molar-refractivity contribution in [3.05, 3.63) is 34.9 Å². The molecule has 0 unspecified atom stereocenters. The first kappa shape index (κ1) is 12.6. The van der Waals surface area contributed by atoms with Crippen molar-refractivity contribution in [3.63, 3.8) is 0 Å². The Balaban J connectivity index is 3.04. The molecule has 0 aliphatic rings. The van der Waals surface area contributed by atoms with Gasteiger partial charge in [-0.05, 0) is 38.1 Å². The van der Waals surface area contributed by atoms with Crippen molar-refractivity contribution in [1.82, 2.24) is 0 Å². The highest BCUT2D eigenvalue weighted by atomic mass is 35.5. The van der Waals surface area contributed by atoms with Crippen LogP contribution in [0.25, 0.3) is 0 Å². The topological polar surface area (TPSA) is 51.2 Å². The molecule has 1 aromatic carbocycles. The fraction of sp³-hybridized carbons (Fsp3) is 0.250. The standard InChI is InChI=1S/C12H11ClO3/c1-7(14)11(8(2)15)12(16)9-3-5-10(13)6-4-9/h3-6,11H,1-2H3. The molecule has 0 saturated heterocycles. The average molecular weight is 239 g/mol. The predicted octanol–water partition coefficient (Wildman–Crippen LogP) is 2.32. The number of carbonyl (C=O) groups excluding carboxylic acids is 3. The van der Waals surface area contributed by atoms with E-state index in [0.29, 0.717) is 10.6 Å². The van der Waals surface area contributed by atoms with Crippen LogP contribution in [-0.4, -0.2) is 17.3 Å². The molecule has 16 heavy (non-hydrogen) atoms. The van der Waals surface area contributed by atoms with Crippen LogP contribution in [0.15, 0.2) is 24.3 Å². The van der Waals surface area contributed by atoms with Crippen LogP contribution in [0, 0.1) is 5.92 Å². The Hall–Kier alpha value is -1.48. The molecule has 0 heterocycles. The summed E-state index contributed by atoms with van der Waals surface area (Å²) >= 11 is 5.68. The third-order valence-corrected chi connectivity index (χ3v) is 2.46. The molecule has 0 saturated carbocycles. The van der Waals surface area contributed by atoms with Gasteiger partial charge < -0.3 is 0 Å². The van der Waals surface area contributed by atoms with Gasteiger partial charge in [0.25, 0.3) is 0 Å². The Bertz CT molecular complexity index is 420. The monoisotopic (exact) mass is 238 g/mol. The maximum atomic E-state index is 11.9. The maximum absolute atomic E-state index is 11.9. The van der Waals surface area contributed by atoms with Crippen molar-refractivity contribution in [2.45, 2.75) is 13.8 Å². The Labute approximate surface area is 98.4 Å². The first-order valence-electron chi connectivity index (χ1n) is 4.74. The van der Waals surface area contributed by atoms with Gasteiger partial charge in [0.2, 0.25) is 0 Å². The molecule has 1 rings (SSSR count). The fourth-order valence-corrected chi connectivity index (χ4v) is 1.56. The first-order chi connectivity index (χ1) is 7.43. The number of benzene rings is 1. The van der Waals surface area contributed by atoms with E-state index in [1.807, 2.05) is 0 Å². The van der Waals surface area contributed by atoms with Crippen LogP contribution in [0.4, 0.5) is 0 Å². The number of rotatable bonds is 4. The summed E-state index contributed by atoms with van der Waals surface area (Å²) in [5.41, 5.74) is 0.319. The molecule has 3 nitrogen and oxygen atoms in total. The van der Waals surface area contributed by atoms with Gasteiger partial charge in [-0.15, -0.1) is 0 Å². The Kier molecular flexibility index (Phi) is 3.96. The quantitative estimate of drug-likeness (QED) is 0.598. The average Bonchev–Trinajstić information content (AvgIpc) is 2.17. The lowest BCUT2D eigenvalue weighted by Gasteiger charge is -2.08. The predicted molar refractivity (Wildman–Crippen MR) is 60.6 cm³/mol. The molecule has 0 amide bonds. The Morgan fingerprint density at radius 3 is 1.81 bits per heavy atom. The number of halogens is 1. The van der Waals surface area contributed by atoms with E-state index in [4.69, 9.17) is 11.6 Å². The highest BCUT2D eigenvalue weighted by molar-refractivity contribution is 6.30. The Morgan fingerprint density at radius 2 is 1.44 bits per heavy atom. The number of ketones is 3. The zero-order valence-corrected chi connectivity index (χ0v) is 9.75. The van der Waals surface area contributed by atoms with Crippen molar-refractivity contribution in [2.75, 3.05) is 0 Å². The van der Waals surface area contributed by atoms with Gasteiger partial charge in [0.1, 0.15) is 17.5 Å². The third kappa shape index (κ3) is 2.76. The summed E-state index contributed by atoms with van der Waals surface area (Å²) in [6.45, 7) is 2.47. The lowest BCUT2D eigenvalue weighted by molar-refractivity contribution is -0.128. The highest BCUT2D eigenvalue weighted by Gasteiger charge is 2.28. The van der Waals surface area contributed by atoms with Crippen molar-refractivity contribution < 1.29 is 14.4 Å². The number of hydrogen-bond acceptors (Lipinski definition) is 3. The zero-order chi connectivity index (χ0) is 12.3. The minimum Gasteiger partial charge on any atom is -0.299 e. The van der Waals surface area contributed by atoms with Gasteiger partial charge in [-0.2, -0.15) is 0 Å². The second-order valence-electron chi connectivity index (χ2n) is 3.53. The molecule has 0 fully saturated rings. The molecule has 1 aromatic rings. The van der Waals surface area contributed by atoms with Crippen LogP contribution in [0.3, 0.4) is 0 Å². The van der Waals surface area contributed by atoms with Crippen LogP contribution in [0.1, 0.15) is 24.2 Å². The van der Waals surface area contributed by atoms with Crippen molar-refractivity contribution in [3.8, 4) is 0 Å². The van der Waals surface area contributed by atoms with Crippen LogP contribution >= 0.6 is 11.6 Å². The number of hydrogen-bond donors (Lipinski definition) is 0. The number of Topliss-reactive ketones (excluding diaryl/α,β-unsaturated/α-hetero) is 3. The lowest BCUT2D eigenvalue weighted by Crippen LogP contribution is -2.28. The summed E-state index contributed by atoms with van der Waals surface area (Å²) in [7, 11) is 0. The molecule has 0 radical (unpaired) electrons. The van der Waals surface area contributed by atoms with E-state index in [0.717, 1.165) is 0 Å². The van der Waals surface area contributed by atoms with Gasteiger partial charge in [0, 0.05) is 10.6 Å². The summed E-state index contributed by atoms with van der Waals surface area (Å²) in [6.07, 6.45) is 0. The highest BCUT2D eigenvalue weighted by Crippen LogP contribution is 2.15. The first-order valence-corrected chi connectivity index (χ1v) is 5.12. The van der Waals surface area contributed by atoms with Gasteiger partial charge in [0.05, 0.1) is 0 Å². The van der Waals surface area contributed by atoms with Gasteiger partial charge in [0.15, 0.2) is 5.78 Å². The fourth-order valence-electron chi connectivity index (χ4n) is 1.44. The molecule has 0 bridgehead atoms. The van der Waals surface area contributed by atoms with Gasteiger partial charge in [-0.3, -0.25) is 14.4 Å². The molecule has 0 aliphatic carbocycles. The molecular formula is C12H11ClO3. The maximum Gasteiger partial charge on any atom is 0.180 e. The molecule has 0 aromatic heterocycles. The van der Waals surface area contributed by atoms with Crippen molar-refractivity contribution in [2.24, 2.45) is 5.92 Å². The van der Waals surface area contributed by atoms with Crippen LogP contribution < -0.4 is 0 Å². The summed E-state index contributed by atoms with van der Waals surface area (Å²) < 4.78 is 0. The van der Waals surface area contributed by atoms with E-state index in [9.17, 15) is 14.4 Å². The van der Waals surface area contributed by atoms with E-state index in [2.05, 4.69) is 0 Å². The molecule has 4 heteroatoms. The summed E-state index contributed by atoms with van der Waals surface area (Å²) in [4.78, 5) is 34.3. The minimum absolute atomic E-state index is 0.319. The SMILES string of the molecule is CC(=O)C(C(C)=O)C(=O)c1ccc(Cl)cc1. The smallest absolute Gasteiger partial charge is 0.180 e. The van der Waals surface area contributed by atoms with Crippen molar-refractivity contribution in [1.29, 1.82) is 0 Å². The largest absolute Gasteiger partial charge is 0.299 e. The van der Waals surface area contributed by atoms with Crippen LogP contribution in [-0.2, 0) is 9.59 Å². The van der Waals surface area contributed by atoms with Crippen LogP contribution in [0.5, 0.6) is 0 Å². The second kappa shape index (κ2) is 5.03. The summed E-state index contributed by atoms with van der Waals surface area (Å²) in [5.74, 6) is -2.54. The molecule has 0 atom stereocenters. The van der Waals surface area contributed by atoms with E-state index in [-0.39, 0.29) is 0 Å². The van der Waals surface area contributed by atoms with Gasteiger partial charge in [-0.25, -0.2) is 0 Å². The van der Waals surface area contributed by atoms with Crippen molar-refractivity contribution >= 4 is 29.0 Å². The Morgan fingerprint density at radius 1 is 1.00 bits per heavy atom. The van der Waals surface area contributed by atoms with Crippen LogP contribution in [0.2, 0.25) is 5.02 Å². The van der Waals surface area contributed by atoms with E-state index in [1.54, 1.807) is 12.1 Å². The van der Waals surface area contributed by atoms with Gasteiger partial charge in [-0.1, -0.05) is 11.6 Å². The summed E-state index contributed by atoms with van der Waals surface area (Å²) in [6, 6.07) is 6.10. The molecule has 0 spiro atoms. The summed E-state index contributed by atoms with van der Waals surface area (Å²) in [5, 5.41) is 0.499. The molecule has 0 aliphatic heterocycles. The zero-order valence-electron chi connectivity index (χ0n) is 8.99. The van der Waals surface area contributed by atoms with E-state index in [1.165, 1.54) is 26.0 Å². The van der Waals surface area contributed by atoms with E-state index >= 15 is 0 Å². The third-order valence-electron chi connectivity index (χ3n) is 2.20. The van der Waals surface area contributed by atoms with E-state index < -0.39 is 23.3 Å². The number of carbonyl (C=O) groups is 3. The molecule has 0 N–H and O–H groups in total. The molecular weight excluding hydrogens is 228 g/mol. The lowest BCUT2D eigenvalue weighted by atomic mass is 9.91. The normalized spacial score (nSPS) is 10.2. The van der Waals surface area contributed by atoms with Gasteiger partial charge >= 0.3 is 0 Å². The second-order valence-corrected chi connectivity index (χ2v) is 3.96. The minimum atomic E-state index is -1.19.